The van der Waals surface area contributed by atoms with Gasteiger partial charge in [-0.1, -0.05) is 6.92 Å². The molecule has 0 unspecified atom stereocenters. The molecule has 162 valence electrons. The van der Waals surface area contributed by atoms with Gasteiger partial charge in [0.25, 0.3) is 0 Å². The predicted octanol–water partition coefficient (Wildman–Crippen LogP) is 1.84. The molecule has 0 radical (unpaired) electrons. The van der Waals surface area contributed by atoms with Crippen LogP contribution in [0.1, 0.15) is 30.2 Å². The maximum atomic E-state index is 12.4. The van der Waals surface area contributed by atoms with E-state index in [1.807, 2.05) is 24.3 Å². The summed E-state index contributed by atoms with van der Waals surface area (Å²) in [5.74, 6) is 0.122. The van der Waals surface area contributed by atoms with Crippen molar-refractivity contribution in [2.24, 2.45) is 5.73 Å². The summed E-state index contributed by atoms with van der Waals surface area (Å²) in [5.41, 5.74) is 10.3. The smallest absolute Gasteiger partial charge is 0.343 e. The van der Waals surface area contributed by atoms with Crippen molar-refractivity contribution in [3.05, 3.63) is 52.2 Å². The molecule has 4 heterocycles. The van der Waals surface area contributed by atoms with Crippen molar-refractivity contribution in [2.75, 3.05) is 27.1 Å². The number of ether oxygens (including phenoxy) is 3. The Morgan fingerprint density at radius 3 is 2.94 bits per heavy atom. The topological polar surface area (TPSA) is 107 Å². The minimum absolute atomic E-state index is 0.117. The van der Waals surface area contributed by atoms with Crippen LogP contribution < -0.4 is 10.5 Å². The minimum Gasteiger partial charge on any atom is -0.497 e. The summed E-state index contributed by atoms with van der Waals surface area (Å²) < 4.78 is 16.5. The summed E-state index contributed by atoms with van der Waals surface area (Å²) in [5, 5.41) is 12.1. The highest BCUT2D eigenvalue weighted by atomic mass is 16.6. The average molecular weight is 423 g/mol. The molecule has 3 N–H and O–H groups in total. The van der Waals surface area contributed by atoms with E-state index in [-0.39, 0.29) is 19.6 Å². The number of hydrogen-bond acceptors (Lipinski definition) is 8. The molecule has 3 aliphatic rings. The largest absolute Gasteiger partial charge is 0.497 e. The van der Waals surface area contributed by atoms with E-state index in [1.165, 1.54) is 0 Å². The first-order valence-corrected chi connectivity index (χ1v) is 10.4. The van der Waals surface area contributed by atoms with Crippen LogP contribution in [0, 0.1) is 0 Å². The quantitative estimate of drug-likeness (QED) is 0.721. The highest BCUT2D eigenvalue weighted by Gasteiger charge is 2.45. The Morgan fingerprint density at radius 1 is 1.35 bits per heavy atom. The van der Waals surface area contributed by atoms with Crippen molar-refractivity contribution >= 4 is 22.6 Å². The molecular formula is C23H25N3O5. The Kier molecular flexibility index (Phi) is 4.73. The lowest BCUT2D eigenvalue weighted by Crippen LogP contribution is -2.46. The number of rotatable bonds is 3. The first kappa shape index (κ1) is 20.0. The molecule has 0 aliphatic carbocycles. The highest BCUT2D eigenvalue weighted by Crippen LogP contribution is 2.41. The van der Waals surface area contributed by atoms with Crippen LogP contribution in [-0.4, -0.2) is 53.6 Å². The number of pyridine rings is 1. The molecular weight excluding hydrogens is 398 g/mol. The molecule has 1 atom stereocenters. The second kappa shape index (κ2) is 7.33. The van der Waals surface area contributed by atoms with Crippen molar-refractivity contribution in [3.8, 4) is 5.75 Å². The third-order valence-electron chi connectivity index (χ3n) is 6.41. The molecule has 0 spiro atoms. The van der Waals surface area contributed by atoms with Gasteiger partial charge in [-0.05, 0) is 41.8 Å². The van der Waals surface area contributed by atoms with E-state index in [0.717, 1.165) is 44.7 Å². The SMILES string of the molecule is CC[C@@]1(O)C(=O)OCC2=C1/C=C1/c3nc4ccc(OC)cc4c(CN)c3CN1COC2. The van der Waals surface area contributed by atoms with Crippen LogP contribution in [0.15, 0.2) is 35.4 Å². The average Bonchev–Trinajstić information content (AvgIpc) is 3.10. The summed E-state index contributed by atoms with van der Waals surface area (Å²) in [6, 6.07) is 5.75. The number of cyclic esters (lactones) is 1. The number of aromatic nitrogens is 1. The van der Waals surface area contributed by atoms with E-state index in [1.54, 1.807) is 14.0 Å². The lowest BCUT2D eigenvalue weighted by molar-refractivity contribution is -0.163. The van der Waals surface area contributed by atoms with Gasteiger partial charge in [-0.25, -0.2) is 9.78 Å². The van der Waals surface area contributed by atoms with Gasteiger partial charge in [0.05, 0.1) is 30.6 Å². The first-order valence-electron chi connectivity index (χ1n) is 10.4. The van der Waals surface area contributed by atoms with Gasteiger partial charge in [-0.2, -0.15) is 0 Å². The highest BCUT2D eigenvalue weighted by molar-refractivity contribution is 5.91. The van der Waals surface area contributed by atoms with Crippen LogP contribution in [0.3, 0.4) is 0 Å². The minimum atomic E-state index is -1.70. The lowest BCUT2D eigenvalue weighted by Gasteiger charge is -2.35. The van der Waals surface area contributed by atoms with E-state index in [9.17, 15) is 9.90 Å². The number of methoxy groups -OCH3 is 1. The fourth-order valence-corrected chi connectivity index (χ4v) is 4.63. The molecule has 5 rings (SSSR count). The fraction of sp³-hybridized carbons (Fsp3) is 0.391. The molecule has 3 aliphatic heterocycles. The van der Waals surface area contributed by atoms with E-state index in [4.69, 9.17) is 24.9 Å². The monoisotopic (exact) mass is 423 g/mol. The van der Waals surface area contributed by atoms with Gasteiger partial charge in [0.1, 0.15) is 19.1 Å². The maximum Gasteiger partial charge on any atom is 0.343 e. The van der Waals surface area contributed by atoms with Crippen molar-refractivity contribution in [2.45, 2.75) is 32.0 Å². The maximum absolute atomic E-state index is 12.4. The standard InChI is InChI=1S/C23H25N3O5/c1-3-23(28)18-7-20-21-17(9-26(20)12-30-10-13(18)11-31-22(23)27)16(8-24)15-6-14(29-2)4-5-19(15)25-21/h4-7,28H,3,8-12,24H2,1-2H3/b20-7-/t23-/m0/s1. The predicted molar refractivity (Wildman–Crippen MR) is 114 cm³/mol. The fourth-order valence-electron chi connectivity index (χ4n) is 4.63. The lowest BCUT2D eigenvalue weighted by atomic mass is 9.84. The number of fused-ring (bicyclic) bond motifs is 4. The third kappa shape index (κ3) is 2.94. The van der Waals surface area contributed by atoms with E-state index in [0.29, 0.717) is 25.4 Å². The van der Waals surface area contributed by atoms with E-state index < -0.39 is 11.6 Å². The van der Waals surface area contributed by atoms with Crippen molar-refractivity contribution < 1.29 is 24.1 Å². The number of nitrogens with two attached hydrogens (primary N) is 1. The third-order valence-corrected chi connectivity index (χ3v) is 6.41. The molecule has 1 aromatic carbocycles. The van der Waals surface area contributed by atoms with Crippen molar-refractivity contribution in [3.63, 3.8) is 0 Å². The number of carbonyl (C=O) groups is 1. The van der Waals surface area contributed by atoms with Crippen LogP contribution in [0.25, 0.3) is 16.6 Å². The molecule has 31 heavy (non-hydrogen) atoms. The summed E-state index contributed by atoms with van der Waals surface area (Å²) in [6.45, 7) is 3.48. The number of esters is 1. The Bertz CT molecular complexity index is 1160. The van der Waals surface area contributed by atoms with Crippen LogP contribution in [0.5, 0.6) is 5.75 Å². The molecule has 0 fully saturated rings. The zero-order valence-electron chi connectivity index (χ0n) is 17.6. The van der Waals surface area contributed by atoms with Gasteiger partial charge >= 0.3 is 5.97 Å². The summed E-state index contributed by atoms with van der Waals surface area (Å²) in [7, 11) is 1.63. The van der Waals surface area contributed by atoms with Crippen LogP contribution in [0.4, 0.5) is 0 Å². The second-order valence-corrected chi connectivity index (χ2v) is 8.02. The number of benzene rings is 1. The molecule has 0 saturated heterocycles. The molecule has 0 bridgehead atoms. The Balaban J connectivity index is 1.74. The first-order chi connectivity index (χ1) is 15.0. The van der Waals surface area contributed by atoms with Crippen LogP contribution in [-0.2, 0) is 27.4 Å². The molecule has 2 aromatic rings. The van der Waals surface area contributed by atoms with Gasteiger partial charge in [-0.15, -0.1) is 0 Å². The zero-order valence-corrected chi connectivity index (χ0v) is 17.6. The number of carbonyl (C=O) groups excluding carboxylic acids is 1. The molecule has 1 aromatic heterocycles. The van der Waals surface area contributed by atoms with Crippen molar-refractivity contribution in [1.82, 2.24) is 9.88 Å². The van der Waals surface area contributed by atoms with Gasteiger partial charge in [0, 0.05) is 29.6 Å². The van der Waals surface area contributed by atoms with Gasteiger partial charge in [0.15, 0.2) is 5.60 Å². The molecule has 0 saturated carbocycles. The normalized spacial score (nSPS) is 24.6. The molecule has 0 amide bonds. The molecule has 8 heteroatoms. The Labute approximate surface area is 179 Å². The van der Waals surface area contributed by atoms with Crippen LogP contribution >= 0.6 is 0 Å². The van der Waals surface area contributed by atoms with Crippen LogP contribution in [0.2, 0.25) is 0 Å². The molecule has 8 nitrogen and oxygen atoms in total. The van der Waals surface area contributed by atoms with Gasteiger partial charge in [0.2, 0.25) is 0 Å². The second-order valence-electron chi connectivity index (χ2n) is 8.02. The van der Waals surface area contributed by atoms with E-state index in [2.05, 4.69) is 4.90 Å². The van der Waals surface area contributed by atoms with Gasteiger partial charge in [-0.3, -0.25) is 0 Å². The summed E-state index contributed by atoms with van der Waals surface area (Å²) >= 11 is 0. The number of hydrogen-bond donors (Lipinski definition) is 2. The Hall–Kier alpha value is -2.94. The Morgan fingerprint density at radius 2 is 2.19 bits per heavy atom. The number of aliphatic hydroxyl groups is 1. The van der Waals surface area contributed by atoms with Crippen molar-refractivity contribution in [1.29, 1.82) is 0 Å². The summed E-state index contributed by atoms with van der Waals surface area (Å²) in [4.78, 5) is 19.4. The van der Waals surface area contributed by atoms with E-state index >= 15 is 0 Å². The number of nitrogens with zero attached hydrogens (tertiary/aromatic N) is 2. The zero-order chi connectivity index (χ0) is 21.8. The summed E-state index contributed by atoms with van der Waals surface area (Å²) in [6.07, 6.45) is 2.09. The van der Waals surface area contributed by atoms with Gasteiger partial charge < -0.3 is 30.0 Å².